The number of aromatic nitrogens is 3. The average molecular weight is 519 g/mol. The predicted octanol–water partition coefficient (Wildman–Crippen LogP) is 4.41. The molecule has 188 valence electrons. The Morgan fingerprint density at radius 3 is 2.59 bits per heavy atom. The molecule has 2 aromatic carbocycles. The highest BCUT2D eigenvalue weighted by atomic mass is 35.5. The minimum atomic E-state index is -0.537. The van der Waals surface area contributed by atoms with Gasteiger partial charge in [-0.2, -0.15) is 5.10 Å². The van der Waals surface area contributed by atoms with E-state index in [1.165, 1.54) is 41.2 Å². The summed E-state index contributed by atoms with van der Waals surface area (Å²) < 4.78 is 15.8. The molecule has 1 atom stereocenters. The number of anilines is 1. The Morgan fingerprint density at radius 1 is 1.05 bits per heavy atom. The van der Waals surface area contributed by atoms with E-state index in [1.54, 1.807) is 6.07 Å². The first-order valence-corrected chi connectivity index (χ1v) is 12.1. The molecule has 0 unspecified atom stereocenters. The third-order valence-corrected chi connectivity index (χ3v) is 6.48. The number of para-hydroxylation sites is 1. The van der Waals surface area contributed by atoms with Crippen molar-refractivity contribution in [2.45, 2.75) is 12.5 Å². The van der Waals surface area contributed by atoms with E-state index in [9.17, 15) is 14.0 Å². The Balaban J connectivity index is 1.45. The summed E-state index contributed by atoms with van der Waals surface area (Å²) >= 11 is 6.34. The number of amides is 2. The number of likely N-dealkylation sites (N-methyl/N-ethyl adjacent to an activating group) is 1. The van der Waals surface area contributed by atoms with Crippen LogP contribution in [0.1, 0.15) is 27.3 Å². The Bertz CT molecular complexity index is 1460. The molecule has 2 aromatic heterocycles. The third-order valence-electron chi connectivity index (χ3n) is 6.15. The second-order valence-corrected chi connectivity index (χ2v) is 9.27. The lowest BCUT2D eigenvalue weighted by Gasteiger charge is -2.11. The third kappa shape index (κ3) is 5.37. The van der Waals surface area contributed by atoms with Crippen LogP contribution in [0.15, 0.2) is 72.9 Å². The van der Waals surface area contributed by atoms with Gasteiger partial charge in [-0.1, -0.05) is 35.9 Å². The lowest BCUT2D eigenvalue weighted by atomic mass is 10.1. The number of nitrogens with one attached hydrogen (secondary N) is 2. The number of halogens is 2. The molecule has 0 saturated carbocycles. The molecule has 10 heteroatoms. The van der Waals surface area contributed by atoms with Crippen LogP contribution in [0.4, 0.5) is 10.2 Å². The van der Waals surface area contributed by atoms with Crippen LogP contribution < -0.4 is 10.6 Å². The lowest BCUT2D eigenvalue weighted by molar-refractivity contribution is 0.0932. The molecule has 8 nitrogen and oxygen atoms in total. The van der Waals surface area contributed by atoms with Gasteiger partial charge in [-0.3, -0.25) is 14.6 Å². The van der Waals surface area contributed by atoms with Gasteiger partial charge in [0.1, 0.15) is 17.3 Å². The van der Waals surface area contributed by atoms with Crippen LogP contribution in [-0.2, 0) is 0 Å². The molecule has 1 saturated heterocycles. The van der Waals surface area contributed by atoms with E-state index in [0.29, 0.717) is 11.3 Å². The van der Waals surface area contributed by atoms with Gasteiger partial charge in [0, 0.05) is 30.4 Å². The van der Waals surface area contributed by atoms with E-state index in [-0.39, 0.29) is 39.7 Å². The Hall–Kier alpha value is -4.08. The number of hydrogen-bond acceptors (Lipinski definition) is 5. The van der Waals surface area contributed by atoms with E-state index >= 15 is 0 Å². The van der Waals surface area contributed by atoms with Crippen LogP contribution >= 0.6 is 11.6 Å². The molecule has 2 N–H and O–H groups in total. The Kier molecular flexibility index (Phi) is 6.98. The summed E-state index contributed by atoms with van der Waals surface area (Å²) in [7, 11) is 2.01. The fourth-order valence-electron chi connectivity index (χ4n) is 4.29. The van der Waals surface area contributed by atoms with Crippen LogP contribution in [0.2, 0.25) is 5.02 Å². The highest BCUT2D eigenvalue weighted by molar-refractivity contribution is 6.34. The van der Waals surface area contributed by atoms with Gasteiger partial charge in [0.25, 0.3) is 11.8 Å². The molecule has 37 heavy (non-hydrogen) atoms. The Labute approximate surface area is 218 Å². The maximum Gasteiger partial charge on any atom is 0.272 e. The van der Waals surface area contributed by atoms with Gasteiger partial charge in [-0.25, -0.2) is 9.07 Å². The zero-order valence-electron chi connectivity index (χ0n) is 20.0. The van der Waals surface area contributed by atoms with Gasteiger partial charge in [0.05, 0.1) is 16.3 Å². The van der Waals surface area contributed by atoms with E-state index < -0.39 is 11.7 Å². The molecule has 0 bridgehead atoms. The van der Waals surface area contributed by atoms with Gasteiger partial charge in [0.2, 0.25) is 0 Å². The van der Waals surface area contributed by atoms with E-state index in [2.05, 4.69) is 25.6 Å². The summed E-state index contributed by atoms with van der Waals surface area (Å²) in [6.07, 6.45) is 2.33. The molecule has 5 rings (SSSR count). The minimum absolute atomic E-state index is 0.0333. The van der Waals surface area contributed by atoms with Crippen molar-refractivity contribution in [1.82, 2.24) is 25.0 Å². The predicted molar refractivity (Wildman–Crippen MR) is 140 cm³/mol. The van der Waals surface area contributed by atoms with E-state index in [0.717, 1.165) is 19.5 Å². The second kappa shape index (κ2) is 10.5. The van der Waals surface area contributed by atoms with Crippen molar-refractivity contribution in [2.24, 2.45) is 0 Å². The summed E-state index contributed by atoms with van der Waals surface area (Å²) in [6, 6.07) is 18.1. The molecule has 0 aliphatic carbocycles. The molecule has 3 heterocycles. The number of carbonyl (C=O) groups is 2. The standard InChI is InChI=1S/C27H24ClFN6O2/c1-34-13-11-18(16-34)31-27(37)23-15-24(35(33-23)19-6-3-2-4-7-19)32-26(36)20-14-17(9-10-21(20)28)25-22(29)8-5-12-30-25/h2-10,12,14-15,18H,11,13,16H2,1H3,(H,31,37)(H,32,36)/t18-/m0/s1. The first-order chi connectivity index (χ1) is 17.9. The van der Waals surface area contributed by atoms with Crippen molar-refractivity contribution in [3.05, 3.63) is 95.0 Å². The van der Waals surface area contributed by atoms with Gasteiger partial charge in [-0.15, -0.1) is 0 Å². The molecule has 1 aliphatic heterocycles. The molecule has 0 radical (unpaired) electrons. The quantitative estimate of drug-likeness (QED) is 0.394. The number of nitrogens with zero attached hydrogens (tertiary/aromatic N) is 4. The van der Waals surface area contributed by atoms with Crippen LogP contribution in [0, 0.1) is 5.82 Å². The lowest BCUT2D eigenvalue weighted by Crippen LogP contribution is -2.36. The van der Waals surface area contributed by atoms with Crippen molar-refractivity contribution >= 4 is 29.2 Å². The zero-order valence-corrected chi connectivity index (χ0v) is 20.7. The fraction of sp³-hybridized carbons (Fsp3) is 0.185. The minimum Gasteiger partial charge on any atom is -0.347 e. The number of likely N-dealkylation sites (tertiary alicyclic amines) is 1. The maximum absolute atomic E-state index is 14.3. The van der Waals surface area contributed by atoms with Crippen LogP contribution in [0.25, 0.3) is 16.9 Å². The SMILES string of the molecule is CN1CC[C@H](NC(=O)c2cc(NC(=O)c3cc(-c4ncccc4F)ccc3Cl)n(-c3ccccc3)n2)C1. The molecule has 1 aliphatic rings. The molecule has 1 fully saturated rings. The van der Waals surface area contributed by atoms with Gasteiger partial charge in [-0.05, 0) is 56.4 Å². The molecular formula is C27H24ClFN6O2. The van der Waals surface area contributed by atoms with Crippen molar-refractivity contribution in [3.63, 3.8) is 0 Å². The largest absolute Gasteiger partial charge is 0.347 e. The van der Waals surface area contributed by atoms with Crippen molar-refractivity contribution in [2.75, 3.05) is 25.5 Å². The highest BCUT2D eigenvalue weighted by Crippen LogP contribution is 2.27. The summed E-state index contributed by atoms with van der Waals surface area (Å²) in [5, 5.41) is 10.5. The second-order valence-electron chi connectivity index (χ2n) is 8.87. The topological polar surface area (TPSA) is 92.2 Å². The highest BCUT2D eigenvalue weighted by Gasteiger charge is 2.24. The van der Waals surface area contributed by atoms with Gasteiger partial charge in [0.15, 0.2) is 5.69 Å². The van der Waals surface area contributed by atoms with Crippen LogP contribution in [0.3, 0.4) is 0 Å². The molecule has 0 spiro atoms. The molecule has 4 aromatic rings. The summed E-state index contributed by atoms with van der Waals surface area (Å²) in [6.45, 7) is 1.67. The van der Waals surface area contributed by atoms with Crippen LogP contribution in [-0.4, -0.2) is 57.7 Å². The Morgan fingerprint density at radius 2 is 1.86 bits per heavy atom. The van der Waals surface area contributed by atoms with Crippen molar-refractivity contribution in [1.29, 1.82) is 0 Å². The van der Waals surface area contributed by atoms with Crippen molar-refractivity contribution < 1.29 is 14.0 Å². The van der Waals surface area contributed by atoms with Gasteiger partial charge < -0.3 is 15.5 Å². The smallest absolute Gasteiger partial charge is 0.272 e. The maximum atomic E-state index is 14.3. The van der Waals surface area contributed by atoms with Crippen molar-refractivity contribution in [3.8, 4) is 16.9 Å². The first-order valence-electron chi connectivity index (χ1n) is 11.8. The fourth-order valence-corrected chi connectivity index (χ4v) is 4.49. The first kappa shape index (κ1) is 24.6. The van der Waals surface area contributed by atoms with Gasteiger partial charge >= 0.3 is 0 Å². The number of carbonyl (C=O) groups excluding carboxylic acids is 2. The monoisotopic (exact) mass is 518 g/mol. The summed E-state index contributed by atoms with van der Waals surface area (Å²) in [5.74, 6) is -1.08. The number of pyridine rings is 1. The normalized spacial score (nSPS) is 15.5. The number of benzene rings is 2. The number of rotatable bonds is 6. The van der Waals surface area contributed by atoms with E-state index in [4.69, 9.17) is 11.6 Å². The molecular weight excluding hydrogens is 495 g/mol. The summed E-state index contributed by atoms with van der Waals surface area (Å²) in [5.41, 5.74) is 1.48. The molecule has 2 amide bonds. The average Bonchev–Trinajstić information content (AvgIpc) is 3.51. The number of hydrogen-bond donors (Lipinski definition) is 2. The van der Waals surface area contributed by atoms with E-state index in [1.807, 2.05) is 37.4 Å². The zero-order chi connectivity index (χ0) is 25.9. The van der Waals surface area contributed by atoms with Crippen LogP contribution in [0.5, 0.6) is 0 Å². The summed E-state index contributed by atoms with van der Waals surface area (Å²) in [4.78, 5) is 32.5.